The minimum atomic E-state index is -0.461. The molecule has 1 aromatic rings. The standard InChI is InChI=1S/C13H17N3O3/c1-9-7-10(16(18)19)3-4-11(9)12(17)15-13(2)5-6-14-8-13/h3-4,7,14H,5-6,8H2,1-2H3,(H,15,17). The fraction of sp³-hybridized carbons (Fsp3) is 0.462. The van der Waals surface area contributed by atoms with Crippen LogP contribution < -0.4 is 10.6 Å². The molecule has 0 bridgehead atoms. The van der Waals surface area contributed by atoms with Gasteiger partial charge in [0, 0.05) is 24.2 Å². The van der Waals surface area contributed by atoms with Crippen LogP contribution in [0, 0.1) is 17.0 Å². The molecule has 1 fully saturated rings. The topological polar surface area (TPSA) is 84.3 Å². The molecule has 1 unspecified atom stereocenters. The number of nitro groups is 1. The van der Waals surface area contributed by atoms with Crippen LogP contribution in [-0.2, 0) is 0 Å². The van der Waals surface area contributed by atoms with Gasteiger partial charge in [0.15, 0.2) is 0 Å². The summed E-state index contributed by atoms with van der Waals surface area (Å²) in [6.45, 7) is 5.32. The van der Waals surface area contributed by atoms with E-state index in [4.69, 9.17) is 0 Å². The second-order valence-electron chi connectivity index (χ2n) is 5.20. The zero-order valence-corrected chi connectivity index (χ0v) is 11.0. The summed E-state index contributed by atoms with van der Waals surface area (Å²) in [4.78, 5) is 22.4. The third-order valence-electron chi connectivity index (χ3n) is 3.45. The molecule has 6 nitrogen and oxygen atoms in total. The van der Waals surface area contributed by atoms with Gasteiger partial charge >= 0.3 is 0 Å². The summed E-state index contributed by atoms with van der Waals surface area (Å²) >= 11 is 0. The summed E-state index contributed by atoms with van der Waals surface area (Å²) < 4.78 is 0. The van der Waals surface area contributed by atoms with Crippen molar-refractivity contribution in [1.82, 2.24) is 10.6 Å². The summed E-state index contributed by atoms with van der Waals surface area (Å²) in [6.07, 6.45) is 0.880. The summed E-state index contributed by atoms with van der Waals surface area (Å²) in [5.41, 5.74) is 0.855. The molecule has 1 aromatic carbocycles. The van der Waals surface area contributed by atoms with Crippen LogP contribution >= 0.6 is 0 Å². The van der Waals surface area contributed by atoms with Crippen molar-refractivity contribution in [1.29, 1.82) is 0 Å². The van der Waals surface area contributed by atoms with Gasteiger partial charge in [0.1, 0.15) is 0 Å². The Morgan fingerprint density at radius 3 is 2.79 bits per heavy atom. The lowest BCUT2D eigenvalue weighted by atomic mass is 10.00. The Kier molecular flexibility index (Phi) is 3.53. The van der Waals surface area contributed by atoms with E-state index >= 15 is 0 Å². The van der Waals surface area contributed by atoms with Gasteiger partial charge in [-0.2, -0.15) is 0 Å². The summed E-state index contributed by atoms with van der Waals surface area (Å²) in [7, 11) is 0. The SMILES string of the molecule is Cc1cc([N+](=O)[O-])ccc1C(=O)NC1(C)CCNC1. The predicted octanol–water partition coefficient (Wildman–Crippen LogP) is 1.39. The average Bonchev–Trinajstić information content (AvgIpc) is 2.75. The Balaban J connectivity index is 2.17. The van der Waals surface area contributed by atoms with Crippen LogP contribution in [0.3, 0.4) is 0 Å². The van der Waals surface area contributed by atoms with E-state index in [1.807, 2.05) is 6.92 Å². The highest BCUT2D eigenvalue weighted by Gasteiger charge is 2.30. The van der Waals surface area contributed by atoms with Crippen molar-refractivity contribution in [3.63, 3.8) is 0 Å². The number of aryl methyl sites for hydroxylation is 1. The Labute approximate surface area is 111 Å². The van der Waals surface area contributed by atoms with Crippen LogP contribution in [0.25, 0.3) is 0 Å². The van der Waals surface area contributed by atoms with E-state index < -0.39 is 4.92 Å². The zero-order valence-electron chi connectivity index (χ0n) is 11.0. The quantitative estimate of drug-likeness (QED) is 0.637. The van der Waals surface area contributed by atoms with Crippen LogP contribution in [0.15, 0.2) is 18.2 Å². The Morgan fingerprint density at radius 1 is 1.53 bits per heavy atom. The van der Waals surface area contributed by atoms with E-state index in [0.717, 1.165) is 19.5 Å². The third kappa shape index (κ3) is 2.90. The maximum atomic E-state index is 12.2. The molecule has 6 heteroatoms. The second-order valence-corrected chi connectivity index (χ2v) is 5.20. The van der Waals surface area contributed by atoms with Crippen molar-refractivity contribution < 1.29 is 9.72 Å². The van der Waals surface area contributed by atoms with Crippen LogP contribution in [0.4, 0.5) is 5.69 Å². The molecule has 102 valence electrons. The van der Waals surface area contributed by atoms with Crippen molar-refractivity contribution in [2.24, 2.45) is 0 Å². The predicted molar refractivity (Wildman–Crippen MR) is 71.2 cm³/mol. The molecule has 1 aliphatic heterocycles. The maximum absolute atomic E-state index is 12.2. The molecule has 1 saturated heterocycles. The fourth-order valence-corrected chi connectivity index (χ4v) is 2.28. The molecule has 1 amide bonds. The number of carbonyl (C=O) groups excluding carboxylic acids is 1. The van der Waals surface area contributed by atoms with Crippen LogP contribution in [0.5, 0.6) is 0 Å². The molecule has 0 radical (unpaired) electrons. The maximum Gasteiger partial charge on any atom is 0.269 e. The minimum absolute atomic E-state index is 0.00259. The normalized spacial score (nSPS) is 22.2. The fourth-order valence-electron chi connectivity index (χ4n) is 2.28. The van der Waals surface area contributed by atoms with Crippen molar-refractivity contribution in [2.45, 2.75) is 25.8 Å². The highest BCUT2D eigenvalue weighted by atomic mass is 16.6. The molecular formula is C13H17N3O3. The molecule has 1 aliphatic rings. The first-order chi connectivity index (χ1) is 8.91. The number of nitrogens with one attached hydrogen (secondary N) is 2. The highest BCUT2D eigenvalue weighted by Crippen LogP contribution is 2.19. The second kappa shape index (κ2) is 4.97. The highest BCUT2D eigenvalue weighted by molar-refractivity contribution is 5.96. The first-order valence-corrected chi connectivity index (χ1v) is 6.20. The van der Waals surface area contributed by atoms with Gasteiger partial charge in [-0.05, 0) is 38.4 Å². The molecular weight excluding hydrogens is 246 g/mol. The Morgan fingerprint density at radius 2 is 2.26 bits per heavy atom. The Hall–Kier alpha value is -1.95. The van der Waals surface area contributed by atoms with Crippen LogP contribution in [0.2, 0.25) is 0 Å². The lowest BCUT2D eigenvalue weighted by Gasteiger charge is -2.24. The molecule has 19 heavy (non-hydrogen) atoms. The van der Waals surface area contributed by atoms with Crippen molar-refractivity contribution in [2.75, 3.05) is 13.1 Å². The molecule has 1 atom stereocenters. The number of hydrogen-bond acceptors (Lipinski definition) is 4. The van der Waals surface area contributed by atoms with E-state index in [-0.39, 0.29) is 17.1 Å². The number of rotatable bonds is 3. The van der Waals surface area contributed by atoms with Gasteiger partial charge in [0.05, 0.1) is 10.5 Å². The Bertz CT molecular complexity index is 522. The van der Waals surface area contributed by atoms with Gasteiger partial charge in [0.25, 0.3) is 11.6 Å². The van der Waals surface area contributed by atoms with E-state index in [1.165, 1.54) is 18.2 Å². The van der Waals surface area contributed by atoms with Gasteiger partial charge in [-0.1, -0.05) is 0 Å². The van der Waals surface area contributed by atoms with Gasteiger partial charge < -0.3 is 10.6 Å². The average molecular weight is 263 g/mol. The summed E-state index contributed by atoms with van der Waals surface area (Å²) in [5, 5.41) is 16.9. The third-order valence-corrected chi connectivity index (χ3v) is 3.45. The van der Waals surface area contributed by atoms with Gasteiger partial charge in [-0.25, -0.2) is 0 Å². The number of benzene rings is 1. The zero-order chi connectivity index (χ0) is 14.0. The molecule has 2 rings (SSSR count). The van der Waals surface area contributed by atoms with Gasteiger partial charge in [-0.3, -0.25) is 14.9 Å². The molecule has 0 aliphatic carbocycles. The monoisotopic (exact) mass is 263 g/mol. The molecule has 0 spiro atoms. The number of amides is 1. The largest absolute Gasteiger partial charge is 0.346 e. The number of hydrogen-bond donors (Lipinski definition) is 2. The lowest BCUT2D eigenvalue weighted by molar-refractivity contribution is -0.384. The van der Waals surface area contributed by atoms with E-state index in [9.17, 15) is 14.9 Å². The number of nitro benzene ring substituents is 1. The van der Waals surface area contributed by atoms with Crippen LogP contribution in [-0.4, -0.2) is 29.5 Å². The molecule has 2 N–H and O–H groups in total. The van der Waals surface area contributed by atoms with Gasteiger partial charge in [-0.15, -0.1) is 0 Å². The van der Waals surface area contributed by atoms with Crippen molar-refractivity contribution in [3.05, 3.63) is 39.4 Å². The van der Waals surface area contributed by atoms with E-state index in [1.54, 1.807) is 6.92 Å². The molecule has 0 aromatic heterocycles. The van der Waals surface area contributed by atoms with Crippen molar-refractivity contribution in [3.8, 4) is 0 Å². The lowest BCUT2D eigenvalue weighted by Crippen LogP contribution is -2.47. The van der Waals surface area contributed by atoms with Crippen LogP contribution in [0.1, 0.15) is 29.3 Å². The first kappa shape index (κ1) is 13.5. The summed E-state index contributed by atoms with van der Waals surface area (Å²) in [6, 6.07) is 4.29. The first-order valence-electron chi connectivity index (χ1n) is 6.20. The van der Waals surface area contributed by atoms with E-state index in [0.29, 0.717) is 11.1 Å². The van der Waals surface area contributed by atoms with Gasteiger partial charge in [0.2, 0.25) is 0 Å². The molecule has 1 heterocycles. The number of non-ortho nitro benzene ring substituents is 1. The number of carbonyl (C=O) groups is 1. The van der Waals surface area contributed by atoms with E-state index in [2.05, 4.69) is 10.6 Å². The smallest absolute Gasteiger partial charge is 0.269 e. The number of nitrogens with zero attached hydrogens (tertiary/aromatic N) is 1. The molecule has 0 saturated carbocycles. The summed E-state index contributed by atoms with van der Waals surface area (Å²) in [5.74, 6) is -0.182. The minimum Gasteiger partial charge on any atom is -0.346 e. The van der Waals surface area contributed by atoms with Crippen molar-refractivity contribution >= 4 is 11.6 Å².